The third kappa shape index (κ3) is 4.60. The number of benzene rings is 1. The number of carbonyl (C=O) groups excluding carboxylic acids is 2. The second kappa shape index (κ2) is 8.31. The van der Waals surface area contributed by atoms with E-state index in [0.717, 1.165) is 22.8 Å². The number of likely N-dealkylation sites (tertiary alicyclic amines) is 1. The molecular formula is C19H24N4O2S. The van der Waals surface area contributed by atoms with E-state index in [-0.39, 0.29) is 17.9 Å². The SMILES string of the molecule is CN1C[C@@H](CN(C)C(=O)NCCc2nc(-c3ccccc3)cs2)CC1=O. The van der Waals surface area contributed by atoms with Crippen LogP contribution in [0.1, 0.15) is 11.4 Å². The molecule has 7 heteroatoms. The third-order valence-electron chi connectivity index (χ3n) is 4.54. The zero-order chi connectivity index (χ0) is 18.5. The molecule has 3 rings (SSSR count). The van der Waals surface area contributed by atoms with Crippen molar-refractivity contribution >= 4 is 23.3 Å². The van der Waals surface area contributed by atoms with Gasteiger partial charge < -0.3 is 15.1 Å². The van der Waals surface area contributed by atoms with Crippen LogP contribution in [-0.4, -0.2) is 60.5 Å². The van der Waals surface area contributed by atoms with Crippen molar-refractivity contribution < 1.29 is 9.59 Å². The zero-order valence-corrected chi connectivity index (χ0v) is 16.0. The van der Waals surface area contributed by atoms with Crippen molar-refractivity contribution in [3.05, 3.63) is 40.7 Å². The van der Waals surface area contributed by atoms with Gasteiger partial charge in [0.2, 0.25) is 5.91 Å². The first kappa shape index (κ1) is 18.4. The molecule has 1 aromatic heterocycles. The number of thiazole rings is 1. The van der Waals surface area contributed by atoms with Crippen LogP contribution in [0.2, 0.25) is 0 Å². The summed E-state index contributed by atoms with van der Waals surface area (Å²) in [7, 11) is 3.58. The molecule has 1 atom stereocenters. The molecule has 6 nitrogen and oxygen atoms in total. The quantitative estimate of drug-likeness (QED) is 0.847. The average molecular weight is 372 g/mol. The lowest BCUT2D eigenvalue weighted by atomic mass is 10.1. The van der Waals surface area contributed by atoms with E-state index >= 15 is 0 Å². The summed E-state index contributed by atoms with van der Waals surface area (Å²) in [5, 5.41) is 5.99. The number of nitrogens with zero attached hydrogens (tertiary/aromatic N) is 3. The molecule has 1 fully saturated rings. The van der Waals surface area contributed by atoms with E-state index in [1.807, 2.05) is 35.7 Å². The highest BCUT2D eigenvalue weighted by Gasteiger charge is 2.28. The number of rotatable bonds is 6. The maximum Gasteiger partial charge on any atom is 0.317 e. The molecule has 0 unspecified atom stereocenters. The van der Waals surface area contributed by atoms with Crippen LogP contribution >= 0.6 is 11.3 Å². The van der Waals surface area contributed by atoms with Crippen LogP contribution in [0.4, 0.5) is 4.79 Å². The van der Waals surface area contributed by atoms with E-state index in [4.69, 9.17) is 0 Å². The average Bonchev–Trinajstić information content (AvgIpc) is 3.22. The fourth-order valence-electron chi connectivity index (χ4n) is 3.13. The van der Waals surface area contributed by atoms with Crippen molar-refractivity contribution in [1.29, 1.82) is 0 Å². The molecule has 1 N–H and O–H groups in total. The van der Waals surface area contributed by atoms with Crippen LogP contribution in [-0.2, 0) is 11.2 Å². The van der Waals surface area contributed by atoms with Gasteiger partial charge in [0.25, 0.3) is 0 Å². The second-order valence-electron chi connectivity index (χ2n) is 6.70. The van der Waals surface area contributed by atoms with E-state index in [9.17, 15) is 9.59 Å². The normalized spacial score (nSPS) is 16.8. The summed E-state index contributed by atoms with van der Waals surface area (Å²) in [4.78, 5) is 31.8. The summed E-state index contributed by atoms with van der Waals surface area (Å²) in [5.41, 5.74) is 2.08. The van der Waals surface area contributed by atoms with Crippen molar-refractivity contribution in [3.63, 3.8) is 0 Å². The lowest BCUT2D eigenvalue weighted by molar-refractivity contribution is -0.126. The summed E-state index contributed by atoms with van der Waals surface area (Å²) in [6.07, 6.45) is 1.23. The van der Waals surface area contributed by atoms with Crippen LogP contribution in [0.15, 0.2) is 35.7 Å². The monoisotopic (exact) mass is 372 g/mol. The first-order valence-corrected chi connectivity index (χ1v) is 9.63. The standard InChI is InChI=1S/C19H24N4O2S/c1-22-11-14(10-18(22)24)12-23(2)19(25)20-9-8-17-21-16(13-26-17)15-6-4-3-5-7-15/h3-7,13-14H,8-12H2,1-2H3,(H,20,25)/t14-/m0/s1. The lowest BCUT2D eigenvalue weighted by Crippen LogP contribution is -2.41. The summed E-state index contributed by atoms with van der Waals surface area (Å²) in [5.74, 6) is 0.373. The number of urea groups is 1. The molecule has 26 heavy (non-hydrogen) atoms. The molecule has 3 amide bonds. The molecule has 0 radical (unpaired) electrons. The largest absolute Gasteiger partial charge is 0.345 e. The Morgan fingerprint density at radius 2 is 2.15 bits per heavy atom. The van der Waals surface area contributed by atoms with Crippen molar-refractivity contribution in [2.75, 3.05) is 33.7 Å². The van der Waals surface area contributed by atoms with E-state index in [0.29, 0.717) is 25.9 Å². The molecule has 2 heterocycles. The van der Waals surface area contributed by atoms with Crippen LogP contribution in [0.5, 0.6) is 0 Å². The molecule has 1 saturated heterocycles. The van der Waals surface area contributed by atoms with Gasteiger partial charge in [-0.3, -0.25) is 4.79 Å². The van der Waals surface area contributed by atoms with Gasteiger partial charge >= 0.3 is 6.03 Å². The Labute approximate surface area is 157 Å². The molecular weight excluding hydrogens is 348 g/mol. The van der Waals surface area contributed by atoms with Crippen LogP contribution < -0.4 is 5.32 Å². The first-order chi connectivity index (χ1) is 12.5. The van der Waals surface area contributed by atoms with Gasteiger partial charge in [-0.05, 0) is 0 Å². The predicted molar refractivity (Wildman–Crippen MR) is 103 cm³/mol. The minimum Gasteiger partial charge on any atom is -0.345 e. The molecule has 0 aliphatic carbocycles. The molecule has 2 aromatic rings. The van der Waals surface area contributed by atoms with Gasteiger partial charge in [0, 0.05) is 63.4 Å². The maximum absolute atomic E-state index is 12.2. The van der Waals surface area contributed by atoms with E-state index in [1.165, 1.54) is 0 Å². The topological polar surface area (TPSA) is 65.5 Å². The number of carbonyl (C=O) groups is 2. The fourth-order valence-corrected chi connectivity index (χ4v) is 3.93. The number of hydrogen-bond donors (Lipinski definition) is 1. The minimum absolute atomic E-state index is 0.105. The molecule has 0 bridgehead atoms. The van der Waals surface area contributed by atoms with Crippen molar-refractivity contribution in [1.82, 2.24) is 20.1 Å². The highest BCUT2D eigenvalue weighted by atomic mass is 32.1. The molecule has 1 aliphatic heterocycles. The zero-order valence-electron chi connectivity index (χ0n) is 15.1. The Kier molecular flexibility index (Phi) is 5.88. The van der Waals surface area contributed by atoms with Crippen molar-refractivity contribution in [2.45, 2.75) is 12.8 Å². The number of nitrogens with one attached hydrogen (secondary N) is 1. The Hall–Kier alpha value is -2.41. The van der Waals surface area contributed by atoms with Crippen LogP contribution in [0.3, 0.4) is 0 Å². The molecule has 1 aromatic carbocycles. The van der Waals surface area contributed by atoms with Crippen LogP contribution in [0.25, 0.3) is 11.3 Å². The molecule has 0 spiro atoms. The number of hydrogen-bond acceptors (Lipinski definition) is 4. The van der Waals surface area contributed by atoms with E-state index in [1.54, 1.807) is 35.2 Å². The Morgan fingerprint density at radius 1 is 1.38 bits per heavy atom. The van der Waals surface area contributed by atoms with Crippen molar-refractivity contribution in [2.24, 2.45) is 5.92 Å². The Balaban J connectivity index is 1.42. The van der Waals surface area contributed by atoms with Crippen molar-refractivity contribution in [3.8, 4) is 11.3 Å². The maximum atomic E-state index is 12.2. The fraction of sp³-hybridized carbons (Fsp3) is 0.421. The van der Waals surface area contributed by atoms with Gasteiger partial charge in [0.1, 0.15) is 0 Å². The predicted octanol–water partition coefficient (Wildman–Crippen LogP) is 2.47. The smallest absolute Gasteiger partial charge is 0.317 e. The molecule has 0 saturated carbocycles. The third-order valence-corrected chi connectivity index (χ3v) is 5.44. The minimum atomic E-state index is -0.105. The van der Waals surface area contributed by atoms with E-state index < -0.39 is 0 Å². The number of aromatic nitrogens is 1. The van der Waals surface area contributed by atoms with Gasteiger partial charge in [-0.1, -0.05) is 30.3 Å². The molecule has 1 aliphatic rings. The van der Waals surface area contributed by atoms with Gasteiger partial charge in [-0.25, -0.2) is 9.78 Å². The number of amides is 3. The summed E-state index contributed by atoms with van der Waals surface area (Å²) in [6.45, 7) is 1.86. The van der Waals surface area contributed by atoms with Gasteiger partial charge in [-0.2, -0.15) is 0 Å². The summed E-state index contributed by atoms with van der Waals surface area (Å²) in [6, 6.07) is 9.97. The highest BCUT2D eigenvalue weighted by Crippen LogP contribution is 2.21. The summed E-state index contributed by atoms with van der Waals surface area (Å²) >= 11 is 1.61. The van der Waals surface area contributed by atoms with Gasteiger partial charge in [0.05, 0.1) is 10.7 Å². The van der Waals surface area contributed by atoms with Gasteiger partial charge in [-0.15, -0.1) is 11.3 Å². The van der Waals surface area contributed by atoms with Gasteiger partial charge in [0.15, 0.2) is 0 Å². The Morgan fingerprint density at radius 3 is 2.85 bits per heavy atom. The Bertz CT molecular complexity index is 762. The molecule has 138 valence electrons. The van der Waals surface area contributed by atoms with Crippen LogP contribution in [0, 0.1) is 5.92 Å². The summed E-state index contributed by atoms with van der Waals surface area (Å²) < 4.78 is 0. The second-order valence-corrected chi connectivity index (χ2v) is 7.64. The first-order valence-electron chi connectivity index (χ1n) is 8.75. The highest BCUT2D eigenvalue weighted by molar-refractivity contribution is 7.09. The van der Waals surface area contributed by atoms with E-state index in [2.05, 4.69) is 10.3 Å². The lowest BCUT2D eigenvalue weighted by Gasteiger charge is -2.21.